The number of aryl methyl sites for hydroxylation is 1. The molecule has 3 heterocycles. The number of benzene rings is 1. The number of imidazole rings is 1. The molecule has 0 fully saturated rings. The molecule has 0 aliphatic rings. The summed E-state index contributed by atoms with van der Waals surface area (Å²) in [4.78, 5) is 23.3. The number of hydrogen-bond donors (Lipinski definition) is 0. The van der Waals surface area contributed by atoms with E-state index in [9.17, 15) is 13.6 Å². The number of thiazole rings is 1. The van der Waals surface area contributed by atoms with Crippen LogP contribution in [0.25, 0.3) is 10.2 Å². The average molecular weight is 441 g/mol. The highest BCUT2D eigenvalue weighted by Gasteiger charge is 2.23. The average Bonchev–Trinajstić information content (AvgIpc) is 3.38. The lowest BCUT2D eigenvalue weighted by Crippen LogP contribution is -2.31. The van der Waals surface area contributed by atoms with Gasteiger partial charge < -0.3 is 4.57 Å². The molecule has 146 valence electrons. The number of halogens is 3. The van der Waals surface area contributed by atoms with Crippen molar-refractivity contribution >= 4 is 56.3 Å². The summed E-state index contributed by atoms with van der Waals surface area (Å²) in [6, 6.07) is 5.58. The van der Waals surface area contributed by atoms with Crippen LogP contribution in [0.5, 0.6) is 0 Å². The van der Waals surface area contributed by atoms with Gasteiger partial charge in [0.2, 0.25) is 0 Å². The fourth-order valence-corrected chi connectivity index (χ4v) is 4.41. The summed E-state index contributed by atoms with van der Waals surface area (Å²) in [7, 11) is 0. The number of carbonyl (C=O) groups is 1. The molecular formula is C18H15ClF2N4OS2. The van der Waals surface area contributed by atoms with Gasteiger partial charge in [-0.3, -0.25) is 9.69 Å². The summed E-state index contributed by atoms with van der Waals surface area (Å²) in [5.41, 5.74) is 0.0787. The smallest absolute Gasteiger partial charge is 0.270 e. The quantitative estimate of drug-likeness (QED) is 0.424. The van der Waals surface area contributed by atoms with Crippen LogP contribution in [0, 0.1) is 11.6 Å². The van der Waals surface area contributed by atoms with E-state index in [4.69, 9.17) is 0 Å². The van der Waals surface area contributed by atoms with Gasteiger partial charge in [-0.05, 0) is 23.9 Å². The van der Waals surface area contributed by atoms with Gasteiger partial charge in [0.05, 0.1) is 15.9 Å². The fraction of sp³-hybridized carbons (Fsp3) is 0.167. The Balaban J connectivity index is 0.00000225. The zero-order valence-corrected chi connectivity index (χ0v) is 16.9. The molecule has 1 aromatic carbocycles. The maximum atomic E-state index is 14.0. The first-order valence-corrected chi connectivity index (χ1v) is 9.88. The van der Waals surface area contributed by atoms with Crippen molar-refractivity contribution < 1.29 is 13.6 Å². The van der Waals surface area contributed by atoms with E-state index >= 15 is 0 Å². The zero-order chi connectivity index (χ0) is 18.8. The second kappa shape index (κ2) is 8.76. The molecule has 1 amide bonds. The van der Waals surface area contributed by atoms with Crippen molar-refractivity contribution in [1.29, 1.82) is 0 Å². The standard InChI is InChI=1S/C18H14F2N4OS2.ClH/c19-12-9-13(20)16-15(10-12)27-18(22-16)24(17(25)14-3-1-8-26-14)6-2-5-23-7-4-21-11-23;/h1,3-4,7-11H,2,5-6H2;1H. The van der Waals surface area contributed by atoms with Crippen molar-refractivity contribution in [2.24, 2.45) is 0 Å². The molecule has 0 spiro atoms. The van der Waals surface area contributed by atoms with E-state index in [2.05, 4.69) is 9.97 Å². The molecule has 0 N–H and O–H groups in total. The number of anilines is 1. The normalized spacial score (nSPS) is 10.8. The molecule has 0 bridgehead atoms. The maximum absolute atomic E-state index is 14.0. The molecule has 3 aromatic heterocycles. The predicted octanol–water partition coefficient (Wildman–Crippen LogP) is 4.99. The van der Waals surface area contributed by atoms with Crippen molar-refractivity contribution in [3.05, 3.63) is 64.9 Å². The third-order valence-corrected chi connectivity index (χ3v) is 5.85. The monoisotopic (exact) mass is 440 g/mol. The summed E-state index contributed by atoms with van der Waals surface area (Å²) < 4.78 is 29.8. The molecule has 4 aromatic rings. The first kappa shape index (κ1) is 20.4. The number of aromatic nitrogens is 3. The van der Waals surface area contributed by atoms with Gasteiger partial charge in [-0.25, -0.2) is 18.7 Å². The molecule has 0 aliphatic heterocycles. The molecular weight excluding hydrogens is 426 g/mol. The van der Waals surface area contributed by atoms with Crippen LogP contribution in [0.4, 0.5) is 13.9 Å². The van der Waals surface area contributed by atoms with Crippen molar-refractivity contribution in [1.82, 2.24) is 14.5 Å². The molecule has 0 radical (unpaired) electrons. The van der Waals surface area contributed by atoms with Gasteiger partial charge in [0.15, 0.2) is 10.9 Å². The third-order valence-electron chi connectivity index (χ3n) is 3.97. The Morgan fingerprint density at radius 3 is 2.86 bits per heavy atom. The topological polar surface area (TPSA) is 51.0 Å². The second-order valence-electron chi connectivity index (χ2n) is 5.82. The Hall–Kier alpha value is -2.36. The highest BCUT2D eigenvalue weighted by molar-refractivity contribution is 7.22. The molecule has 0 unspecified atom stereocenters. The van der Waals surface area contributed by atoms with Crippen LogP contribution in [0.1, 0.15) is 16.1 Å². The van der Waals surface area contributed by atoms with E-state index in [-0.39, 0.29) is 23.8 Å². The Labute approximate surface area is 173 Å². The fourth-order valence-electron chi connectivity index (χ4n) is 2.71. The van der Waals surface area contributed by atoms with E-state index in [1.165, 1.54) is 22.3 Å². The van der Waals surface area contributed by atoms with Crippen molar-refractivity contribution in [2.75, 3.05) is 11.4 Å². The summed E-state index contributed by atoms with van der Waals surface area (Å²) in [6.45, 7) is 1.08. The Bertz CT molecular complexity index is 1070. The number of hydrogen-bond acceptors (Lipinski definition) is 5. The van der Waals surface area contributed by atoms with E-state index in [0.717, 1.165) is 17.4 Å². The molecule has 4 rings (SSSR count). The van der Waals surface area contributed by atoms with Crippen LogP contribution in [-0.2, 0) is 6.54 Å². The summed E-state index contributed by atoms with van der Waals surface area (Å²) in [5, 5.41) is 2.18. The number of thiophene rings is 1. The minimum Gasteiger partial charge on any atom is -0.337 e. The summed E-state index contributed by atoms with van der Waals surface area (Å²) >= 11 is 2.44. The lowest BCUT2D eigenvalue weighted by atomic mass is 10.3. The Morgan fingerprint density at radius 2 is 2.14 bits per heavy atom. The minimum atomic E-state index is -0.727. The van der Waals surface area contributed by atoms with Crippen LogP contribution in [0.3, 0.4) is 0 Å². The van der Waals surface area contributed by atoms with Gasteiger partial charge in [-0.15, -0.1) is 23.7 Å². The molecule has 0 saturated heterocycles. The van der Waals surface area contributed by atoms with Crippen LogP contribution < -0.4 is 4.90 Å². The Kier molecular flexibility index (Phi) is 6.38. The van der Waals surface area contributed by atoms with Crippen LogP contribution in [-0.4, -0.2) is 27.0 Å². The minimum absolute atomic E-state index is 0. The van der Waals surface area contributed by atoms with E-state index in [0.29, 0.717) is 34.2 Å². The number of rotatable bonds is 6. The highest BCUT2D eigenvalue weighted by atomic mass is 35.5. The van der Waals surface area contributed by atoms with Crippen molar-refractivity contribution in [2.45, 2.75) is 13.0 Å². The molecule has 10 heteroatoms. The van der Waals surface area contributed by atoms with Crippen molar-refractivity contribution in [3.8, 4) is 0 Å². The highest BCUT2D eigenvalue weighted by Crippen LogP contribution is 2.32. The van der Waals surface area contributed by atoms with Gasteiger partial charge in [0, 0.05) is 31.5 Å². The predicted molar refractivity (Wildman–Crippen MR) is 110 cm³/mol. The molecule has 0 atom stereocenters. The number of fused-ring (bicyclic) bond motifs is 1. The largest absolute Gasteiger partial charge is 0.337 e. The molecule has 0 aliphatic carbocycles. The van der Waals surface area contributed by atoms with Gasteiger partial charge in [0.1, 0.15) is 11.3 Å². The third kappa shape index (κ3) is 4.21. The van der Waals surface area contributed by atoms with Crippen LogP contribution >= 0.6 is 35.1 Å². The molecule has 5 nitrogen and oxygen atoms in total. The lowest BCUT2D eigenvalue weighted by molar-refractivity contribution is 0.0990. The van der Waals surface area contributed by atoms with Gasteiger partial charge in [-0.2, -0.15) is 0 Å². The van der Waals surface area contributed by atoms with Gasteiger partial charge in [-0.1, -0.05) is 17.4 Å². The number of nitrogens with zero attached hydrogens (tertiary/aromatic N) is 4. The second-order valence-corrected chi connectivity index (χ2v) is 7.78. The lowest BCUT2D eigenvalue weighted by Gasteiger charge is -2.19. The van der Waals surface area contributed by atoms with E-state index < -0.39 is 11.6 Å². The SMILES string of the molecule is Cl.O=C(c1cccs1)N(CCCn1ccnc1)c1nc2c(F)cc(F)cc2s1. The van der Waals surface area contributed by atoms with Gasteiger partial charge in [0.25, 0.3) is 5.91 Å². The zero-order valence-electron chi connectivity index (χ0n) is 14.4. The summed E-state index contributed by atoms with van der Waals surface area (Å²) in [6.07, 6.45) is 5.92. The maximum Gasteiger partial charge on any atom is 0.270 e. The first-order valence-electron chi connectivity index (χ1n) is 8.18. The van der Waals surface area contributed by atoms with Crippen molar-refractivity contribution in [3.63, 3.8) is 0 Å². The van der Waals surface area contributed by atoms with Crippen LogP contribution in [0.2, 0.25) is 0 Å². The van der Waals surface area contributed by atoms with E-state index in [1.54, 1.807) is 24.7 Å². The first-order chi connectivity index (χ1) is 13.1. The molecule has 0 saturated carbocycles. The van der Waals surface area contributed by atoms with E-state index in [1.807, 2.05) is 16.1 Å². The Morgan fingerprint density at radius 1 is 1.29 bits per heavy atom. The number of carbonyl (C=O) groups excluding carboxylic acids is 1. The number of amides is 1. The summed E-state index contributed by atoms with van der Waals surface area (Å²) in [5.74, 6) is -1.59. The molecule has 28 heavy (non-hydrogen) atoms. The van der Waals surface area contributed by atoms with Crippen LogP contribution in [0.15, 0.2) is 48.4 Å². The van der Waals surface area contributed by atoms with Gasteiger partial charge >= 0.3 is 0 Å².